The molecule has 182 valence electrons. The summed E-state index contributed by atoms with van der Waals surface area (Å²) in [5, 5.41) is 6.37. The lowest BCUT2D eigenvalue weighted by molar-refractivity contribution is -0.274. The molecule has 0 unspecified atom stereocenters. The summed E-state index contributed by atoms with van der Waals surface area (Å²) < 4.78 is 46.1. The lowest BCUT2D eigenvalue weighted by Crippen LogP contribution is -2.58. The number of fused-ring (bicyclic) bond motifs is 1. The third kappa shape index (κ3) is 6.36. The number of halogens is 3. The number of nitrogens with zero attached hydrogens (tertiary/aromatic N) is 2. The molecule has 11 heteroatoms. The highest BCUT2D eigenvalue weighted by atomic mass is 19.4. The summed E-state index contributed by atoms with van der Waals surface area (Å²) >= 11 is 0. The van der Waals surface area contributed by atoms with Crippen molar-refractivity contribution >= 4 is 11.8 Å². The summed E-state index contributed by atoms with van der Waals surface area (Å²) in [4.78, 5) is 28.9. The number of carbonyl (C=O) groups excluding carboxylic acids is 2. The Hall–Kier alpha value is -2.37. The van der Waals surface area contributed by atoms with Crippen LogP contribution >= 0.6 is 0 Å². The number of piperazine rings is 1. The zero-order valence-electron chi connectivity index (χ0n) is 18.3. The Labute approximate surface area is 190 Å². The molecule has 3 saturated heterocycles. The Kier molecular flexibility index (Phi) is 7.40. The van der Waals surface area contributed by atoms with Gasteiger partial charge in [0.2, 0.25) is 11.8 Å². The largest absolute Gasteiger partial charge is 0.573 e. The van der Waals surface area contributed by atoms with E-state index >= 15 is 0 Å². The van der Waals surface area contributed by atoms with Crippen LogP contribution in [0, 0.1) is 0 Å². The second-order valence-electron chi connectivity index (χ2n) is 8.65. The Balaban J connectivity index is 1.27. The molecule has 3 heterocycles. The lowest BCUT2D eigenvalue weighted by atomic mass is 10.0. The van der Waals surface area contributed by atoms with Gasteiger partial charge in [0, 0.05) is 51.2 Å². The fourth-order valence-electron chi connectivity index (χ4n) is 4.72. The van der Waals surface area contributed by atoms with Crippen LogP contribution in [-0.4, -0.2) is 85.5 Å². The van der Waals surface area contributed by atoms with E-state index in [0.29, 0.717) is 65.2 Å². The molecular formula is C22H29F3N4O4. The van der Waals surface area contributed by atoms with E-state index in [-0.39, 0.29) is 35.7 Å². The highest BCUT2D eigenvalue weighted by molar-refractivity contribution is 5.83. The van der Waals surface area contributed by atoms with Gasteiger partial charge in [-0.2, -0.15) is 0 Å². The van der Waals surface area contributed by atoms with Crippen LogP contribution in [0.4, 0.5) is 13.2 Å². The van der Waals surface area contributed by atoms with Gasteiger partial charge >= 0.3 is 6.36 Å². The smallest absolute Gasteiger partial charge is 0.406 e. The van der Waals surface area contributed by atoms with E-state index in [1.165, 1.54) is 12.1 Å². The number of benzene rings is 1. The fourth-order valence-corrected chi connectivity index (χ4v) is 4.72. The number of morpholine rings is 1. The molecule has 0 bridgehead atoms. The molecule has 0 spiro atoms. The van der Waals surface area contributed by atoms with Crippen molar-refractivity contribution in [1.82, 2.24) is 20.4 Å². The van der Waals surface area contributed by atoms with E-state index in [1.54, 1.807) is 12.1 Å². The maximum Gasteiger partial charge on any atom is 0.573 e. The number of rotatable bonds is 7. The first-order chi connectivity index (χ1) is 15.8. The molecule has 3 fully saturated rings. The van der Waals surface area contributed by atoms with Gasteiger partial charge in [0.1, 0.15) is 5.75 Å². The van der Waals surface area contributed by atoms with Crippen LogP contribution in [0.2, 0.25) is 0 Å². The van der Waals surface area contributed by atoms with Gasteiger partial charge in [0.15, 0.2) is 0 Å². The van der Waals surface area contributed by atoms with Gasteiger partial charge in [-0.1, -0.05) is 12.1 Å². The predicted octanol–water partition coefficient (Wildman–Crippen LogP) is 1.26. The summed E-state index contributed by atoms with van der Waals surface area (Å²) in [7, 11) is 0. The number of hydrogen-bond acceptors (Lipinski definition) is 6. The maximum atomic E-state index is 12.5. The number of amides is 2. The predicted molar refractivity (Wildman–Crippen MR) is 112 cm³/mol. The maximum absolute atomic E-state index is 12.5. The third-order valence-corrected chi connectivity index (χ3v) is 6.43. The molecule has 0 radical (unpaired) electrons. The van der Waals surface area contributed by atoms with Crippen LogP contribution in [0.25, 0.3) is 0 Å². The Morgan fingerprint density at radius 2 is 1.94 bits per heavy atom. The van der Waals surface area contributed by atoms with Crippen LogP contribution < -0.4 is 15.4 Å². The minimum Gasteiger partial charge on any atom is -0.406 e. The van der Waals surface area contributed by atoms with Gasteiger partial charge in [-0.3, -0.25) is 14.5 Å². The van der Waals surface area contributed by atoms with Crippen molar-refractivity contribution in [3.63, 3.8) is 0 Å². The second-order valence-corrected chi connectivity index (χ2v) is 8.65. The molecule has 3 aliphatic rings. The minimum absolute atomic E-state index is 0.00343. The van der Waals surface area contributed by atoms with E-state index in [1.807, 2.05) is 4.90 Å². The van der Waals surface area contributed by atoms with Crippen LogP contribution in [0.3, 0.4) is 0 Å². The Morgan fingerprint density at radius 3 is 2.64 bits per heavy atom. The zero-order valence-corrected chi connectivity index (χ0v) is 18.3. The van der Waals surface area contributed by atoms with Crippen molar-refractivity contribution in [2.45, 2.75) is 50.3 Å². The standard InChI is InChI=1S/C22H29F3N4O4/c23-22(24,25)33-18-4-1-15(2-5-18)12-26-16-11-19-21(31)27-13-17(29(19)14-16)3-6-20(30)28-7-9-32-10-8-28/h1-2,4-5,16-17,19,26H,3,6-14H2,(H,27,31)/t16-,17-,19-/m1/s1. The SMILES string of the molecule is O=C1NC[C@@H](CCC(=O)N2CCOCC2)N2C[C@H](NCc3ccc(OC(F)(F)F)cc3)C[C@H]12. The van der Waals surface area contributed by atoms with Crippen LogP contribution in [0.15, 0.2) is 24.3 Å². The molecule has 0 aromatic heterocycles. The van der Waals surface area contributed by atoms with Crippen LogP contribution in [0.1, 0.15) is 24.8 Å². The van der Waals surface area contributed by atoms with Crippen LogP contribution in [0.5, 0.6) is 5.75 Å². The van der Waals surface area contributed by atoms with Gasteiger partial charge < -0.3 is 25.0 Å². The zero-order chi connectivity index (χ0) is 23.4. The van der Waals surface area contributed by atoms with Crippen LogP contribution in [-0.2, 0) is 20.9 Å². The van der Waals surface area contributed by atoms with Crippen molar-refractivity contribution in [1.29, 1.82) is 0 Å². The van der Waals surface area contributed by atoms with Crippen molar-refractivity contribution in [3.05, 3.63) is 29.8 Å². The lowest BCUT2D eigenvalue weighted by Gasteiger charge is -2.37. The van der Waals surface area contributed by atoms with Crippen molar-refractivity contribution in [2.75, 3.05) is 39.4 Å². The van der Waals surface area contributed by atoms with Gasteiger partial charge in [0.25, 0.3) is 0 Å². The topological polar surface area (TPSA) is 83.1 Å². The van der Waals surface area contributed by atoms with Gasteiger partial charge in [0.05, 0.1) is 19.3 Å². The Bertz CT molecular complexity index is 830. The van der Waals surface area contributed by atoms with Crippen molar-refractivity contribution in [2.24, 2.45) is 0 Å². The molecule has 2 N–H and O–H groups in total. The van der Waals surface area contributed by atoms with E-state index in [9.17, 15) is 22.8 Å². The summed E-state index contributed by atoms with van der Waals surface area (Å²) in [6.07, 6.45) is -2.94. The first-order valence-electron chi connectivity index (χ1n) is 11.3. The molecule has 1 aromatic carbocycles. The summed E-state index contributed by atoms with van der Waals surface area (Å²) in [5.41, 5.74) is 0.825. The number of carbonyl (C=O) groups is 2. The number of nitrogens with one attached hydrogen (secondary N) is 2. The number of ether oxygens (including phenoxy) is 2. The summed E-state index contributed by atoms with van der Waals surface area (Å²) in [6, 6.07) is 5.69. The average molecular weight is 470 g/mol. The third-order valence-electron chi connectivity index (χ3n) is 6.43. The molecule has 0 aliphatic carbocycles. The van der Waals surface area contributed by atoms with Crippen molar-refractivity contribution < 1.29 is 32.2 Å². The van der Waals surface area contributed by atoms with E-state index in [0.717, 1.165) is 5.56 Å². The molecule has 2 amide bonds. The van der Waals surface area contributed by atoms with E-state index in [4.69, 9.17) is 4.74 Å². The first-order valence-corrected chi connectivity index (χ1v) is 11.3. The molecular weight excluding hydrogens is 441 g/mol. The molecule has 8 nitrogen and oxygen atoms in total. The summed E-state index contributed by atoms with van der Waals surface area (Å²) in [5.74, 6) is -0.127. The van der Waals surface area contributed by atoms with Crippen molar-refractivity contribution in [3.8, 4) is 5.75 Å². The minimum atomic E-state index is -4.71. The Morgan fingerprint density at radius 1 is 1.21 bits per heavy atom. The quantitative estimate of drug-likeness (QED) is 0.625. The van der Waals surface area contributed by atoms with Gasteiger partial charge in [-0.15, -0.1) is 13.2 Å². The molecule has 4 rings (SSSR count). The highest BCUT2D eigenvalue weighted by Crippen LogP contribution is 2.27. The molecule has 0 saturated carbocycles. The number of alkyl halides is 3. The monoisotopic (exact) mass is 470 g/mol. The summed E-state index contributed by atoms with van der Waals surface area (Å²) in [6.45, 7) is 4.08. The van der Waals surface area contributed by atoms with E-state index < -0.39 is 6.36 Å². The molecule has 1 aromatic rings. The molecule has 3 aliphatic heterocycles. The fraction of sp³-hybridized carbons (Fsp3) is 0.636. The molecule has 33 heavy (non-hydrogen) atoms. The second kappa shape index (κ2) is 10.3. The van der Waals surface area contributed by atoms with Gasteiger partial charge in [-0.05, 0) is 30.5 Å². The molecule has 3 atom stereocenters. The van der Waals surface area contributed by atoms with Gasteiger partial charge in [-0.25, -0.2) is 0 Å². The van der Waals surface area contributed by atoms with E-state index in [2.05, 4.69) is 20.3 Å². The normalized spacial score (nSPS) is 26.1. The highest BCUT2D eigenvalue weighted by Gasteiger charge is 2.43. The first kappa shape index (κ1) is 23.8. The average Bonchev–Trinajstić information content (AvgIpc) is 3.23. The number of hydrogen-bond donors (Lipinski definition) is 2.